The minimum Gasteiger partial charge on any atom is -0.299 e. The van der Waals surface area contributed by atoms with Crippen LogP contribution in [0.5, 0.6) is 0 Å². The first-order chi connectivity index (χ1) is 6.83. The highest BCUT2D eigenvalue weighted by atomic mass is 32.2. The van der Waals surface area contributed by atoms with Crippen LogP contribution in [0.4, 0.5) is 0 Å². The van der Waals surface area contributed by atoms with Crippen LogP contribution in [0.1, 0.15) is 24.4 Å². The largest absolute Gasteiger partial charge is 0.299 e. The maximum atomic E-state index is 4.41. The summed E-state index contributed by atoms with van der Waals surface area (Å²) in [5.41, 5.74) is 1.40. The third-order valence-corrected chi connectivity index (χ3v) is 3.60. The SMILES string of the molecule is CSc1ncccc1[C@@H]1CCCN1C. The maximum Gasteiger partial charge on any atom is 0.100 e. The highest BCUT2D eigenvalue weighted by molar-refractivity contribution is 7.98. The molecule has 0 bridgehead atoms. The first-order valence-electron chi connectivity index (χ1n) is 5.02. The summed E-state index contributed by atoms with van der Waals surface area (Å²) in [4.78, 5) is 6.84. The second kappa shape index (κ2) is 4.32. The van der Waals surface area contributed by atoms with Crippen LogP contribution in [-0.4, -0.2) is 29.7 Å². The molecule has 1 aliphatic heterocycles. The molecule has 0 aliphatic carbocycles. The Morgan fingerprint density at radius 3 is 3.07 bits per heavy atom. The van der Waals surface area contributed by atoms with Crippen LogP contribution in [0, 0.1) is 0 Å². The number of pyridine rings is 1. The molecule has 1 aliphatic rings. The first kappa shape index (κ1) is 9.99. The minimum absolute atomic E-state index is 0.589. The predicted molar refractivity (Wildman–Crippen MR) is 60.6 cm³/mol. The van der Waals surface area contributed by atoms with Crippen LogP contribution >= 0.6 is 11.8 Å². The van der Waals surface area contributed by atoms with Crippen molar-refractivity contribution in [3.8, 4) is 0 Å². The zero-order chi connectivity index (χ0) is 9.97. The van der Waals surface area contributed by atoms with E-state index in [0.717, 1.165) is 0 Å². The van der Waals surface area contributed by atoms with Gasteiger partial charge in [0.25, 0.3) is 0 Å². The van der Waals surface area contributed by atoms with Gasteiger partial charge < -0.3 is 0 Å². The number of likely N-dealkylation sites (tertiary alicyclic amines) is 1. The zero-order valence-electron chi connectivity index (χ0n) is 8.73. The van der Waals surface area contributed by atoms with E-state index < -0.39 is 0 Å². The van der Waals surface area contributed by atoms with E-state index in [0.29, 0.717) is 6.04 Å². The Labute approximate surface area is 89.7 Å². The van der Waals surface area contributed by atoms with Crippen LogP contribution in [-0.2, 0) is 0 Å². The Morgan fingerprint density at radius 1 is 1.57 bits per heavy atom. The normalized spacial score (nSPS) is 22.9. The molecule has 1 aromatic heterocycles. The van der Waals surface area contributed by atoms with Crippen molar-refractivity contribution in [1.29, 1.82) is 0 Å². The lowest BCUT2D eigenvalue weighted by molar-refractivity contribution is 0.313. The molecular weight excluding hydrogens is 192 g/mol. The van der Waals surface area contributed by atoms with Crippen molar-refractivity contribution in [1.82, 2.24) is 9.88 Å². The molecule has 76 valence electrons. The highest BCUT2D eigenvalue weighted by Gasteiger charge is 2.24. The molecule has 1 saturated heterocycles. The summed E-state index contributed by atoms with van der Waals surface area (Å²) in [5.74, 6) is 0. The maximum absolute atomic E-state index is 4.41. The molecule has 2 heterocycles. The third kappa shape index (κ3) is 1.79. The Bertz CT molecular complexity index is 314. The van der Waals surface area contributed by atoms with Crippen molar-refractivity contribution in [3.63, 3.8) is 0 Å². The van der Waals surface area contributed by atoms with E-state index in [1.165, 1.54) is 30.0 Å². The van der Waals surface area contributed by atoms with Crippen LogP contribution < -0.4 is 0 Å². The number of hydrogen-bond donors (Lipinski definition) is 0. The number of nitrogens with zero attached hydrogens (tertiary/aromatic N) is 2. The lowest BCUT2D eigenvalue weighted by Gasteiger charge is -2.21. The predicted octanol–water partition coefficient (Wildman–Crippen LogP) is 2.57. The average Bonchev–Trinajstić information content (AvgIpc) is 2.64. The lowest BCUT2D eigenvalue weighted by atomic mass is 10.1. The van der Waals surface area contributed by atoms with Crippen molar-refractivity contribution in [2.45, 2.75) is 23.9 Å². The summed E-state index contributed by atoms with van der Waals surface area (Å²) in [6, 6.07) is 4.85. The molecule has 0 spiro atoms. The number of thioether (sulfide) groups is 1. The quantitative estimate of drug-likeness (QED) is 0.695. The monoisotopic (exact) mass is 208 g/mol. The van der Waals surface area contributed by atoms with Gasteiger partial charge in [-0.2, -0.15) is 0 Å². The lowest BCUT2D eigenvalue weighted by Crippen LogP contribution is -2.18. The zero-order valence-corrected chi connectivity index (χ0v) is 9.55. The fraction of sp³-hybridized carbons (Fsp3) is 0.545. The van der Waals surface area contributed by atoms with Crippen molar-refractivity contribution < 1.29 is 0 Å². The van der Waals surface area contributed by atoms with Crippen molar-refractivity contribution in [2.75, 3.05) is 19.8 Å². The van der Waals surface area contributed by atoms with Gasteiger partial charge in [-0.3, -0.25) is 4.90 Å². The molecule has 0 aromatic carbocycles. The molecule has 0 unspecified atom stereocenters. The Hall–Kier alpha value is -0.540. The van der Waals surface area contributed by atoms with Gasteiger partial charge in [-0.1, -0.05) is 6.07 Å². The van der Waals surface area contributed by atoms with Crippen LogP contribution in [0.3, 0.4) is 0 Å². The Kier molecular flexibility index (Phi) is 3.08. The minimum atomic E-state index is 0.589. The summed E-state index contributed by atoms with van der Waals surface area (Å²) < 4.78 is 0. The number of hydrogen-bond acceptors (Lipinski definition) is 3. The molecule has 2 nitrogen and oxygen atoms in total. The van der Waals surface area contributed by atoms with E-state index >= 15 is 0 Å². The fourth-order valence-corrected chi connectivity index (χ4v) is 2.74. The van der Waals surface area contributed by atoms with Crippen molar-refractivity contribution >= 4 is 11.8 Å². The fourth-order valence-electron chi connectivity index (χ4n) is 2.13. The van der Waals surface area contributed by atoms with Gasteiger partial charge in [0, 0.05) is 17.8 Å². The highest BCUT2D eigenvalue weighted by Crippen LogP contribution is 2.34. The van der Waals surface area contributed by atoms with Gasteiger partial charge in [0.05, 0.1) is 0 Å². The van der Waals surface area contributed by atoms with E-state index in [4.69, 9.17) is 0 Å². The Morgan fingerprint density at radius 2 is 2.43 bits per heavy atom. The van der Waals surface area contributed by atoms with Gasteiger partial charge in [-0.05, 0) is 38.8 Å². The summed E-state index contributed by atoms with van der Waals surface area (Å²) in [7, 11) is 2.20. The smallest absolute Gasteiger partial charge is 0.100 e. The van der Waals surface area contributed by atoms with Gasteiger partial charge in [0.15, 0.2) is 0 Å². The summed E-state index contributed by atoms with van der Waals surface area (Å²) in [6.45, 7) is 1.22. The molecule has 0 saturated carbocycles. The molecule has 1 atom stereocenters. The molecule has 2 rings (SSSR count). The van der Waals surface area contributed by atoms with Gasteiger partial charge in [0.2, 0.25) is 0 Å². The number of rotatable bonds is 2. The molecule has 14 heavy (non-hydrogen) atoms. The second-order valence-electron chi connectivity index (χ2n) is 3.74. The standard InChI is InChI=1S/C11H16N2S/c1-13-8-4-6-10(13)9-5-3-7-12-11(9)14-2/h3,5,7,10H,4,6,8H2,1-2H3/t10-/m0/s1. The average molecular weight is 208 g/mol. The van der Waals surface area contributed by atoms with E-state index in [1.54, 1.807) is 11.8 Å². The molecule has 3 heteroatoms. The number of aromatic nitrogens is 1. The van der Waals surface area contributed by atoms with E-state index in [1.807, 2.05) is 12.3 Å². The van der Waals surface area contributed by atoms with E-state index in [9.17, 15) is 0 Å². The summed E-state index contributed by atoms with van der Waals surface area (Å²) in [5, 5.41) is 1.19. The molecule has 1 fully saturated rings. The van der Waals surface area contributed by atoms with Crippen LogP contribution in [0.25, 0.3) is 0 Å². The van der Waals surface area contributed by atoms with E-state index in [2.05, 4.69) is 29.3 Å². The van der Waals surface area contributed by atoms with E-state index in [-0.39, 0.29) is 0 Å². The van der Waals surface area contributed by atoms with Gasteiger partial charge in [0.1, 0.15) is 5.03 Å². The van der Waals surface area contributed by atoms with Gasteiger partial charge >= 0.3 is 0 Å². The van der Waals surface area contributed by atoms with Gasteiger partial charge in [-0.15, -0.1) is 11.8 Å². The Balaban J connectivity index is 2.30. The van der Waals surface area contributed by atoms with Crippen molar-refractivity contribution in [2.24, 2.45) is 0 Å². The molecule has 0 N–H and O–H groups in total. The molecule has 1 aromatic rings. The summed E-state index contributed by atoms with van der Waals surface area (Å²) in [6.07, 6.45) is 6.56. The molecule has 0 radical (unpaired) electrons. The molecular formula is C11H16N2S. The molecule has 0 amide bonds. The van der Waals surface area contributed by atoms with Crippen molar-refractivity contribution in [3.05, 3.63) is 23.9 Å². The third-order valence-electron chi connectivity index (χ3n) is 2.87. The topological polar surface area (TPSA) is 16.1 Å². The van der Waals surface area contributed by atoms with Crippen LogP contribution in [0.2, 0.25) is 0 Å². The van der Waals surface area contributed by atoms with Crippen LogP contribution in [0.15, 0.2) is 23.4 Å². The second-order valence-corrected chi connectivity index (χ2v) is 4.54. The first-order valence-corrected chi connectivity index (χ1v) is 6.24. The summed E-state index contributed by atoms with van der Waals surface area (Å²) >= 11 is 1.75. The van der Waals surface area contributed by atoms with Gasteiger partial charge in [-0.25, -0.2) is 4.98 Å².